The van der Waals surface area contributed by atoms with Crippen molar-refractivity contribution in [3.63, 3.8) is 0 Å². The molecule has 2 aliphatic rings. The zero-order chi connectivity index (χ0) is 12.8. The van der Waals surface area contributed by atoms with Crippen LogP contribution in [-0.2, 0) is 9.53 Å². The van der Waals surface area contributed by atoms with Crippen molar-refractivity contribution < 1.29 is 9.53 Å². The van der Waals surface area contributed by atoms with Gasteiger partial charge < -0.3 is 4.74 Å². The van der Waals surface area contributed by atoms with Gasteiger partial charge in [0.05, 0.1) is 0 Å². The third kappa shape index (κ3) is 2.14. The van der Waals surface area contributed by atoms with Crippen molar-refractivity contribution in [2.45, 2.75) is 53.1 Å². The fraction of sp³-hybridized carbons (Fsp3) is 0.800. The number of esters is 1. The van der Waals surface area contributed by atoms with E-state index in [1.165, 1.54) is 6.42 Å². The predicted molar refractivity (Wildman–Crippen MR) is 68.5 cm³/mol. The molecule has 0 unspecified atom stereocenters. The number of ether oxygens (including phenoxy) is 1. The molecule has 2 saturated carbocycles. The first-order valence-corrected chi connectivity index (χ1v) is 6.75. The van der Waals surface area contributed by atoms with Crippen molar-refractivity contribution in [3.8, 4) is 0 Å². The highest BCUT2D eigenvalue weighted by atomic mass is 16.5. The third-order valence-electron chi connectivity index (χ3n) is 4.54. The molecule has 0 N–H and O–H groups in total. The average Bonchev–Trinajstić information content (AvgIpc) is 2.84. The lowest BCUT2D eigenvalue weighted by atomic mass is 9.89. The van der Waals surface area contributed by atoms with Crippen LogP contribution in [0.1, 0.15) is 47.0 Å². The SMILES string of the molecule is C=C1[C@@H](OC(=O)CC(C)C)C[C@@]2(C(C)C)C[C@@H]12. The average molecular weight is 236 g/mol. The summed E-state index contributed by atoms with van der Waals surface area (Å²) in [7, 11) is 0. The third-order valence-corrected chi connectivity index (χ3v) is 4.54. The predicted octanol–water partition coefficient (Wildman–Crippen LogP) is 3.57. The van der Waals surface area contributed by atoms with Crippen molar-refractivity contribution in [1.82, 2.24) is 0 Å². The molecule has 2 heteroatoms. The van der Waals surface area contributed by atoms with Gasteiger partial charge in [-0.05, 0) is 41.6 Å². The number of rotatable bonds is 4. The summed E-state index contributed by atoms with van der Waals surface area (Å²) >= 11 is 0. The Kier molecular flexibility index (Phi) is 3.09. The Morgan fingerprint density at radius 2 is 2.06 bits per heavy atom. The number of carbonyl (C=O) groups excluding carboxylic acids is 1. The fourth-order valence-electron chi connectivity index (χ4n) is 3.28. The maximum atomic E-state index is 11.7. The van der Waals surface area contributed by atoms with Crippen molar-refractivity contribution in [2.24, 2.45) is 23.2 Å². The largest absolute Gasteiger partial charge is 0.458 e. The molecule has 0 aromatic carbocycles. The smallest absolute Gasteiger partial charge is 0.306 e. The molecule has 2 nitrogen and oxygen atoms in total. The number of hydrogen-bond donors (Lipinski definition) is 0. The molecule has 0 aliphatic heterocycles. The van der Waals surface area contributed by atoms with Gasteiger partial charge in [-0.2, -0.15) is 0 Å². The van der Waals surface area contributed by atoms with E-state index in [4.69, 9.17) is 4.74 Å². The van der Waals surface area contributed by atoms with Gasteiger partial charge in [0, 0.05) is 6.42 Å². The van der Waals surface area contributed by atoms with Crippen molar-refractivity contribution in [1.29, 1.82) is 0 Å². The molecule has 0 radical (unpaired) electrons. The summed E-state index contributed by atoms with van der Waals surface area (Å²) in [4.78, 5) is 11.7. The summed E-state index contributed by atoms with van der Waals surface area (Å²) in [6.07, 6.45) is 2.76. The molecule has 0 saturated heterocycles. The van der Waals surface area contributed by atoms with Crippen LogP contribution in [0.5, 0.6) is 0 Å². The molecule has 0 heterocycles. The second-order valence-electron chi connectivity index (χ2n) is 6.50. The van der Waals surface area contributed by atoms with Crippen LogP contribution < -0.4 is 0 Å². The first-order chi connectivity index (χ1) is 7.86. The van der Waals surface area contributed by atoms with E-state index < -0.39 is 0 Å². The van der Waals surface area contributed by atoms with Gasteiger partial charge in [0.2, 0.25) is 0 Å². The minimum atomic E-state index is -0.0636. The Bertz CT molecular complexity index is 343. The minimum Gasteiger partial charge on any atom is -0.458 e. The van der Waals surface area contributed by atoms with Gasteiger partial charge in [-0.25, -0.2) is 0 Å². The van der Waals surface area contributed by atoms with Gasteiger partial charge in [0.1, 0.15) is 6.10 Å². The van der Waals surface area contributed by atoms with Crippen molar-refractivity contribution >= 4 is 5.97 Å². The highest BCUT2D eigenvalue weighted by Gasteiger charge is 2.64. The van der Waals surface area contributed by atoms with E-state index in [0.29, 0.717) is 29.6 Å². The Labute approximate surface area is 104 Å². The van der Waals surface area contributed by atoms with E-state index in [-0.39, 0.29) is 12.1 Å². The zero-order valence-corrected chi connectivity index (χ0v) is 11.5. The van der Waals surface area contributed by atoms with Gasteiger partial charge in [-0.15, -0.1) is 0 Å². The number of hydrogen-bond acceptors (Lipinski definition) is 2. The molecule has 2 rings (SSSR count). The summed E-state index contributed by atoms with van der Waals surface area (Å²) in [5.41, 5.74) is 1.57. The second-order valence-corrected chi connectivity index (χ2v) is 6.50. The molecule has 17 heavy (non-hydrogen) atoms. The highest BCUT2D eigenvalue weighted by molar-refractivity contribution is 5.70. The highest BCUT2D eigenvalue weighted by Crippen LogP contribution is 2.69. The topological polar surface area (TPSA) is 26.3 Å². The summed E-state index contributed by atoms with van der Waals surface area (Å²) in [5.74, 6) is 1.58. The van der Waals surface area contributed by atoms with E-state index in [9.17, 15) is 4.79 Å². The molecule has 0 aromatic heterocycles. The molecular formula is C15H24O2. The lowest BCUT2D eigenvalue weighted by Crippen LogP contribution is -2.21. The zero-order valence-electron chi connectivity index (χ0n) is 11.5. The van der Waals surface area contributed by atoms with Crippen LogP contribution in [0.15, 0.2) is 12.2 Å². The summed E-state index contributed by atoms with van der Waals surface area (Å²) in [6.45, 7) is 12.8. The molecule has 0 spiro atoms. The molecular weight excluding hydrogens is 212 g/mol. The van der Waals surface area contributed by atoms with Crippen LogP contribution in [0, 0.1) is 23.2 Å². The lowest BCUT2D eigenvalue weighted by Gasteiger charge is -2.20. The minimum absolute atomic E-state index is 0.0117. The van der Waals surface area contributed by atoms with E-state index in [1.807, 2.05) is 13.8 Å². The Morgan fingerprint density at radius 1 is 1.41 bits per heavy atom. The molecule has 2 aliphatic carbocycles. The molecule has 0 amide bonds. The van der Waals surface area contributed by atoms with Crippen LogP contribution in [0.2, 0.25) is 0 Å². The van der Waals surface area contributed by atoms with Gasteiger partial charge in [0.25, 0.3) is 0 Å². The van der Waals surface area contributed by atoms with Crippen LogP contribution in [-0.4, -0.2) is 12.1 Å². The second kappa shape index (κ2) is 4.15. The molecule has 2 fully saturated rings. The normalized spacial score (nSPS) is 35.3. The maximum absolute atomic E-state index is 11.7. The van der Waals surface area contributed by atoms with E-state index in [0.717, 1.165) is 12.0 Å². The maximum Gasteiger partial charge on any atom is 0.306 e. The molecule has 3 atom stereocenters. The number of fused-ring (bicyclic) bond motifs is 1. The summed E-state index contributed by atoms with van der Waals surface area (Å²) in [6, 6.07) is 0. The molecule has 96 valence electrons. The fourth-order valence-corrected chi connectivity index (χ4v) is 3.28. The van der Waals surface area contributed by atoms with Crippen LogP contribution in [0.25, 0.3) is 0 Å². The first kappa shape index (κ1) is 12.7. The lowest BCUT2D eigenvalue weighted by molar-refractivity contribution is -0.148. The van der Waals surface area contributed by atoms with Crippen molar-refractivity contribution in [2.75, 3.05) is 0 Å². The van der Waals surface area contributed by atoms with Crippen LogP contribution in [0.4, 0.5) is 0 Å². The van der Waals surface area contributed by atoms with Gasteiger partial charge >= 0.3 is 5.97 Å². The van der Waals surface area contributed by atoms with Crippen molar-refractivity contribution in [3.05, 3.63) is 12.2 Å². The van der Waals surface area contributed by atoms with Crippen LogP contribution in [0.3, 0.4) is 0 Å². The Hall–Kier alpha value is -0.790. The summed E-state index contributed by atoms with van der Waals surface area (Å²) < 4.78 is 5.57. The number of carbonyl (C=O) groups is 1. The molecule has 0 bridgehead atoms. The van der Waals surface area contributed by atoms with Crippen LogP contribution >= 0.6 is 0 Å². The van der Waals surface area contributed by atoms with Gasteiger partial charge in [0.15, 0.2) is 0 Å². The van der Waals surface area contributed by atoms with Gasteiger partial charge in [-0.1, -0.05) is 34.3 Å². The monoisotopic (exact) mass is 236 g/mol. The van der Waals surface area contributed by atoms with E-state index >= 15 is 0 Å². The summed E-state index contributed by atoms with van der Waals surface area (Å²) in [5, 5.41) is 0. The van der Waals surface area contributed by atoms with E-state index in [1.54, 1.807) is 0 Å². The first-order valence-electron chi connectivity index (χ1n) is 6.75. The Morgan fingerprint density at radius 3 is 2.53 bits per heavy atom. The Balaban J connectivity index is 1.93. The molecule has 0 aromatic rings. The van der Waals surface area contributed by atoms with Gasteiger partial charge in [-0.3, -0.25) is 4.79 Å². The standard InChI is InChI=1S/C15H24O2/c1-9(2)6-14(16)17-13-8-15(10(3)4)7-12(15)11(13)5/h9-10,12-13H,5-8H2,1-4H3/t12-,13-,15+/m0/s1. The van der Waals surface area contributed by atoms with E-state index in [2.05, 4.69) is 20.4 Å². The quantitative estimate of drug-likeness (QED) is 0.551.